The second-order valence-corrected chi connectivity index (χ2v) is 3.00. The van der Waals surface area contributed by atoms with E-state index >= 15 is 0 Å². The van der Waals surface area contributed by atoms with Crippen LogP contribution in [0.3, 0.4) is 0 Å². The van der Waals surface area contributed by atoms with Crippen LogP contribution in [-0.4, -0.2) is 21.6 Å². The fraction of sp³-hybridized carbons (Fsp3) is 0.455. The normalized spacial score (nSPS) is 9.87. The van der Waals surface area contributed by atoms with E-state index in [0.717, 1.165) is 23.6 Å². The Morgan fingerprint density at radius 1 is 1.33 bits per heavy atom. The summed E-state index contributed by atoms with van der Waals surface area (Å²) in [6.07, 6.45) is 1.83. The molecule has 2 rings (SSSR count). The Kier molecular flexibility index (Phi) is 4.24. The van der Waals surface area contributed by atoms with Gasteiger partial charge < -0.3 is 5.32 Å². The van der Waals surface area contributed by atoms with Crippen molar-refractivity contribution in [3.63, 3.8) is 0 Å². The molecule has 0 fully saturated rings. The molecule has 0 saturated heterocycles. The monoisotopic (exact) mass is 206 g/mol. The molecule has 2 aromatic heterocycles. The van der Waals surface area contributed by atoms with Crippen molar-refractivity contribution in [2.24, 2.45) is 0 Å². The Hall–Kier alpha value is -1.42. The quantitative estimate of drug-likeness (QED) is 0.814. The van der Waals surface area contributed by atoms with Gasteiger partial charge >= 0.3 is 0 Å². The Labute approximate surface area is 90.3 Å². The predicted molar refractivity (Wildman–Crippen MR) is 61.8 cm³/mol. The first kappa shape index (κ1) is 11.7. The molecular weight excluding hydrogens is 188 g/mol. The van der Waals surface area contributed by atoms with Crippen molar-refractivity contribution in [2.45, 2.75) is 27.3 Å². The third-order valence-electron chi connectivity index (χ3n) is 1.95. The topological polar surface area (TPSA) is 42.2 Å². The molecule has 0 aliphatic rings. The van der Waals surface area contributed by atoms with Crippen molar-refractivity contribution in [3.8, 4) is 0 Å². The Bertz CT molecular complexity index is 419. The van der Waals surface area contributed by atoms with Gasteiger partial charge in [-0.05, 0) is 26.1 Å². The van der Waals surface area contributed by atoms with Gasteiger partial charge in [0.1, 0.15) is 5.82 Å². The SMILES string of the molecule is CC.CNCc1ccc2cnc(C)nn12. The van der Waals surface area contributed by atoms with E-state index in [9.17, 15) is 0 Å². The average Bonchev–Trinajstić information content (AvgIpc) is 2.65. The summed E-state index contributed by atoms with van der Waals surface area (Å²) in [5, 5.41) is 7.42. The van der Waals surface area contributed by atoms with E-state index in [4.69, 9.17) is 0 Å². The number of aryl methyl sites for hydroxylation is 1. The van der Waals surface area contributed by atoms with Crippen LogP contribution in [0.4, 0.5) is 0 Å². The summed E-state index contributed by atoms with van der Waals surface area (Å²) >= 11 is 0. The van der Waals surface area contributed by atoms with Gasteiger partial charge in [-0.3, -0.25) is 0 Å². The van der Waals surface area contributed by atoms with E-state index in [2.05, 4.69) is 21.5 Å². The van der Waals surface area contributed by atoms with Crippen molar-refractivity contribution in [1.82, 2.24) is 19.9 Å². The third-order valence-corrected chi connectivity index (χ3v) is 1.95. The summed E-state index contributed by atoms with van der Waals surface area (Å²) in [6.45, 7) is 6.72. The van der Waals surface area contributed by atoms with E-state index < -0.39 is 0 Å². The molecule has 0 spiro atoms. The molecule has 0 saturated carbocycles. The van der Waals surface area contributed by atoms with Crippen LogP contribution in [0.5, 0.6) is 0 Å². The Balaban J connectivity index is 0.000000531. The van der Waals surface area contributed by atoms with Crippen molar-refractivity contribution < 1.29 is 0 Å². The van der Waals surface area contributed by atoms with Gasteiger partial charge in [0.05, 0.1) is 17.4 Å². The molecule has 4 nitrogen and oxygen atoms in total. The summed E-state index contributed by atoms with van der Waals surface area (Å²) in [6, 6.07) is 4.08. The highest BCUT2D eigenvalue weighted by molar-refractivity contribution is 5.46. The second kappa shape index (κ2) is 5.46. The van der Waals surface area contributed by atoms with Gasteiger partial charge in [0.2, 0.25) is 0 Å². The van der Waals surface area contributed by atoms with Crippen LogP contribution in [0.2, 0.25) is 0 Å². The summed E-state index contributed by atoms with van der Waals surface area (Å²) in [5.41, 5.74) is 2.19. The van der Waals surface area contributed by atoms with Crippen molar-refractivity contribution in [3.05, 3.63) is 29.8 Å². The maximum atomic E-state index is 4.32. The zero-order chi connectivity index (χ0) is 11.3. The molecule has 15 heavy (non-hydrogen) atoms. The smallest absolute Gasteiger partial charge is 0.146 e. The molecule has 0 aliphatic heterocycles. The lowest BCUT2D eigenvalue weighted by Crippen LogP contribution is -2.09. The minimum Gasteiger partial charge on any atom is -0.314 e. The molecule has 2 aromatic rings. The highest BCUT2D eigenvalue weighted by atomic mass is 15.3. The van der Waals surface area contributed by atoms with Crippen LogP contribution in [0.1, 0.15) is 25.4 Å². The van der Waals surface area contributed by atoms with Gasteiger partial charge in [-0.1, -0.05) is 13.8 Å². The lowest BCUT2D eigenvalue weighted by molar-refractivity contribution is 0.732. The van der Waals surface area contributed by atoms with Gasteiger partial charge in [-0.15, -0.1) is 0 Å². The average molecular weight is 206 g/mol. The van der Waals surface area contributed by atoms with Gasteiger partial charge in [-0.2, -0.15) is 5.10 Å². The summed E-state index contributed by atoms with van der Waals surface area (Å²) in [4.78, 5) is 4.13. The van der Waals surface area contributed by atoms with E-state index in [-0.39, 0.29) is 0 Å². The molecule has 82 valence electrons. The standard InChI is InChI=1S/C9H12N4.C2H6/c1-7-11-6-9-4-3-8(5-10-2)13(9)12-7;1-2/h3-4,6,10H,5H2,1-2H3;1-2H3. The molecule has 1 N–H and O–H groups in total. The maximum absolute atomic E-state index is 4.32. The predicted octanol–water partition coefficient (Wildman–Crippen LogP) is 1.78. The molecular formula is C11H18N4. The molecule has 0 aromatic carbocycles. The number of rotatable bonds is 2. The molecule has 0 unspecified atom stereocenters. The van der Waals surface area contributed by atoms with E-state index in [1.165, 1.54) is 0 Å². The second-order valence-electron chi connectivity index (χ2n) is 3.00. The van der Waals surface area contributed by atoms with Gasteiger partial charge in [-0.25, -0.2) is 9.50 Å². The van der Waals surface area contributed by atoms with Crippen LogP contribution in [0, 0.1) is 6.92 Å². The highest BCUT2D eigenvalue weighted by Gasteiger charge is 2.01. The number of nitrogens with one attached hydrogen (secondary N) is 1. The van der Waals surface area contributed by atoms with E-state index in [1.807, 2.05) is 44.6 Å². The maximum Gasteiger partial charge on any atom is 0.146 e. The lowest BCUT2D eigenvalue weighted by atomic mass is 10.4. The molecule has 0 radical (unpaired) electrons. The fourth-order valence-electron chi connectivity index (χ4n) is 1.35. The van der Waals surface area contributed by atoms with Crippen molar-refractivity contribution >= 4 is 5.52 Å². The zero-order valence-corrected chi connectivity index (χ0v) is 9.78. The van der Waals surface area contributed by atoms with Crippen molar-refractivity contribution in [2.75, 3.05) is 7.05 Å². The van der Waals surface area contributed by atoms with Gasteiger partial charge in [0, 0.05) is 6.54 Å². The molecule has 0 amide bonds. The summed E-state index contributed by atoms with van der Waals surface area (Å²) < 4.78 is 1.92. The number of hydrogen-bond acceptors (Lipinski definition) is 3. The minimum atomic E-state index is 0.793. The minimum absolute atomic E-state index is 0.793. The molecule has 0 atom stereocenters. The lowest BCUT2D eigenvalue weighted by Gasteiger charge is -2.00. The highest BCUT2D eigenvalue weighted by Crippen LogP contribution is 2.06. The van der Waals surface area contributed by atoms with Crippen LogP contribution in [0.15, 0.2) is 18.3 Å². The first-order valence-corrected chi connectivity index (χ1v) is 5.26. The van der Waals surface area contributed by atoms with Gasteiger partial charge in [0.25, 0.3) is 0 Å². The number of fused-ring (bicyclic) bond motifs is 1. The first-order valence-electron chi connectivity index (χ1n) is 5.26. The van der Waals surface area contributed by atoms with Crippen LogP contribution < -0.4 is 5.32 Å². The largest absolute Gasteiger partial charge is 0.314 e. The number of nitrogens with zero attached hydrogens (tertiary/aromatic N) is 3. The van der Waals surface area contributed by atoms with Crippen LogP contribution >= 0.6 is 0 Å². The van der Waals surface area contributed by atoms with Crippen LogP contribution in [0.25, 0.3) is 5.52 Å². The molecule has 4 heteroatoms. The first-order chi connectivity index (χ1) is 7.31. The summed E-state index contributed by atoms with van der Waals surface area (Å²) in [5.74, 6) is 0.793. The third kappa shape index (κ3) is 2.53. The van der Waals surface area contributed by atoms with Crippen LogP contribution in [-0.2, 0) is 6.54 Å². The van der Waals surface area contributed by atoms with E-state index in [0.29, 0.717) is 0 Å². The van der Waals surface area contributed by atoms with Crippen molar-refractivity contribution in [1.29, 1.82) is 0 Å². The number of hydrogen-bond donors (Lipinski definition) is 1. The molecule has 0 aliphatic carbocycles. The number of aromatic nitrogens is 3. The zero-order valence-electron chi connectivity index (χ0n) is 9.78. The fourth-order valence-corrected chi connectivity index (χ4v) is 1.35. The van der Waals surface area contributed by atoms with Gasteiger partial charge in [0.15, 0.2) is 0 Å². The molecule has 2 heterocycles. The summed E-state index contributed by atoms with van der Waals surface area (Å²) in [7, 11) is 1.92. The Morgan fingerprint density at radius 3 is 2.73 bits per heavy atom. The Morgan fingerprint density at radius 2 is 2.07 bits per heavy atom. The molecule has 0 bridgehead atoms. The van der Waals surface area contributed by atoms with E-state index in [1.54, 1.807) is 0 Å².